The van der Waals surface area contributed by atoms with Crippen LogP contribution in [0, 0.1) is 5.92 Å². The lowest BCUT2D eigenvalue weighted by atomic mass is 10.0. The molecule has 2 N–H and O–H groups in total. The van der Waals surface area contributed by atoms with E-state index < -0.39 is 0 Å². The van der Waals surface area contributed by atoms with Crippen molar-refractivity contribution in [2.75, 3.05) is 30.8 Å². The summed E-state index contributed by atoms with van der Waals surface area (Å²) in [6.07, 6.45) is 4.41. The van der Waals surface area contributed by atoms with Crippen LogP contribution < -0.4 is 15.5 Å². The van der Waals surface area contributed by atoms with Crippen molar-refractivity contribution in [3.05, 3.63) is 24.3 Å². The third-order valence-corrected chi connectivity index (χ3v) is 5.23. The highest BCUT2D eigenvalue weighted by Crippen LogP contribution is 2.28. The summed E-state index contributed by atoms with van der Waals surface area (Å²) in [6.45, 7) is 2.32. The average molecular weight is 333 g/mol. The van der Waals surface area contributed by atoms with Gasteiger partial charge in [-0.2, -0.15) is 0 Å². The number of nitrogens with zero attached hydrogens (tertiary/aromatic N) is 1. The van der Waals surface area contributed by atoms with Gasteiger partial charge in [0.1, 0.15) is 0 Å². The smallest absolute Gasteiger partial charge is 0.227 e. The average Bonchev–Trinajstić information content (AvgIpc) is 2.98. The first kappa shape index (κ1) is 16.3. The van der Waals surface area contributed by atoms with Crippen LogP contribution in [-0.4, -0.2) is 43.7 Å². The molecule has 1 aromatic carbocycles. The topological polar surface area (TPSA) is 61.4 Å². The van der Waals surface area contributed by atoms with E-state index in [0.29, 0.717) is 13.0 Å². The molecule has 6 heteroatoms. The van der Waals surface area contributed by atoms with Crippen molar-refractivity contribution < 1.29 is 9.59 Å². The fourth-order valence-electron chi connectivity index (χ4n) is 3.21. The van der Waals surface area contributed by atoms with Gasteiger partial charge in [-0.1, -0.05) is 6.07 Å². The number of nitrogens with one attached hydrogen (secondary N) is 2. The first-order valence-corrected chi connectivity index (χ1v) is 9.35. The Balaban J connectivity index is 1.63. The lowest BCUT2D eigenvalue weighted by molar-refractivity contribution is -0.127. The van der Waals surface area contributed by atoms with Crippen LogP contribution >= 0.6 is 11.8 Å². The van der Waals surface area contributed by atoms with E-state index >= 15 is 0 Å². The molecule has 2 aliphatic heterocycles. The molecule has 2 atom stereocenters. The van der Waals surface area contributed by atoms with Crippen molar-refractivity contribution in [3.63, 3.8) is 0 Å². The molecule has 2 fully saturated rings. The minimum Gasteiger partial charge on any atom is -0.352 e. The summed E-state index contributed by atoms with van der Waals surface area (Å²) in [6, 6.07) is 8.11. The summed E-state index contributed by atoms with van der Waals surface area (Å²) in [7, 11) is 0. The Kier molecular flexibility index (Phi) is 5.23. The Labute approximate surface area is 141 Å². The molecule has 2 heterocycles. The summed E-state index contributed by atoms with van der Waals surface area (Å²) in [5, 5.41) is 6.38. The zero-order valence-electron chi connectivity index (χ0n) is 13.4. The van der Waals surface area contributed by atoms with Crippen LogP contribution in [0.3, 0.4) is 0 Å². The second-order valence-corrected chi connectivity index (χ2v) is 7.04. The van der Waals surface area contributed by atoms with E-state index in [4.69, 9.17) is 0 Å². The predicted molar refractivity (Wildman–Crippen MR) is 92.7 cm³/mol. The molecule has 23 heavy (non-hydrogen) atoms. The number of amides is 2. The van der Waals surface area contributed by atoms with Crippen LogP contribution in [0.25, 0.3) is 0 Å². The van der Waals surface area contributed by atoms with E-state index in [1.807, 2.05) is 30.5 Å². The second kappa shape index (κ2) is 7.36. The quantitative estimate of drug-likeness (QED) is 0.822. The zero-order valence-corrected chi connectivity index (χ0v) is 14.2. The molecular weight excluding hydrogens is 310 g/mol. The van der Waals surface area contributed by atoms with Crippen LogP contribution in [-0.2, 0) is 9.59 Å². The lowest BCUT2D eigenvalue weighted by Gasteiger charge is -2.25. The van der Waals surface area contributed by atoms with Gasteiger partial charge in [0.2, 0.25) is 11.8 Å². The van der Waals surface area contributed by atoms with E-state index in [2.05, 4.69) is 10.6 Å². The van der Waals surface area contributed by atoms with Gasteiger partial charge in [0.05, 0.1) is 5.92 Å². The molecule has 0 radical (unpaired) electrons. The molecule has 1 unspecified atom stereocenters. The van der Waals surface area contributed by atoms with Crippen LogP contribution in [0.2, 0.25) is 0 Å². The number of anilines is 1. The first-order chi connectivity index (χ1) is 11.2. The molecule has 124 valence electrons. The second-order valence-electron chi connectivity index (χ2n) is 6.16. The molecule has 5 nitrogen and oxygen atoms in total. The number of hydrogen-bond acceptors (Lipinski definition) is 4. The third kappa shape index (κ3) is 3.87. The van der Waals surface area contributed by atoms with Gasteiger partial charge >= 0.3 is 0 Å². The highest BCUT2D eigenvalue weighted by Gasteiger charge is 2.35. The van der Waals surface area contributed by atoms with Crippen molar-refractivity contribution in [2.45, 2.75) is 30.2 Å². The van der Waals surface area contributed by atoms with Gasteiger partial charge in [0.25, 0.3) is 0 Å². The van der Waals surface area contributed by atoms with Crippen molar-refractivity contribution in [1.82, 2.24) is 10.6 Å². The Morgan fingerprint density at radius 3 is 3.04 bits per heavy atom. The van der Waals surface area contributed by atoms with Crippen molar-refractivity contribution in [2.24, 2.45) is 5.92 Å². The van der Waals surface area contributed by atoms with Gasteiger partial charge in [0, 0.05) is 36.1 Å². The van der Waals surface area contributed by atoms with Crippen LogP contribution in [0.5, 0.6) is 0 Å². The summed E-state index contributed by atoms with van der Waals surface area (Å²) >= 11 is 1.65. The number of carbonyl (C=O) groups excluding carboxylic acids is 2. The van der Waals surface area contributed by atoms with Gasteiger partial charge in [-0.3, -0.25) is 9.59 Å². The predicted octanol–water partition coefficient (Wildman–Crippen LogP) is 1.63. The molecule has 3 rings (SSSR count). The van der Waals surface area contributed by atoms with E-state index in [-0.39, 0.29) is 23.8 Å². The maximum atomic E-state index is 12.4. The molecule has 0 spiro atoms. The lowest BCUT2D eigenvalue weighted by Crippen LogP contribution is -2.47. The van der Waals surface area contributed by atoms with Crippen molar-refractivity contribution >= 4 is 29.3 Å². The van der Waals surface area contributed by atoms with Gasteiger partial charge in [0.15, 0.2) is 0 Å². The maximum absolute atomic E-state index is 12.4. The minimum absolute atomic E-state index is 0.00979. The number of piperidine rings is 1. The summed E-state index contributed by atoms with van der Waals surface area (Å²) in [5.74, 6) is -0.205. The Bertz CT molecular complexity index is 587. The SMILES string of the molecule is CSc1cccc(N2CC(C(=O)N[C@H]3CCCNC3)CC2=O)c1. The van der Waals surface area contributed by atoms with Crippen LogP contribution in [0.1, 0.15) is 19.3 Å². The molecule has 1 aromatic rings. The molecule has 2 saturated heterocycles. The Morgan fingerprint density at radius 1 is 1.43 bits per heavy atom. The summed E-state index contributed by atoms with van der Waals surface area (Å²) < 4.78 is 0. The number of hydrogen-bond donors (Lipinski definition) is 2. The molecule has 2 aliphatic rings. The highest BCUT2D eigenvalue weighted by molar-refractivity contribution is 7.98. The fourth-order valence-corrected chi connectivity index (χ4v) is 3.66. The molecular formula is C17H23N3O2S. The van der Waals surface area contributed by atoms with E-state index in [1.54, 1.807) is 16.7 Å². The number of benzene rings is 1. The molecule has 0 bridgehead atoms. The molecule has 0 aliphatic carbocycles. The van der Waals surface area contributed by atoms with Crippen LogP contribution in [0.4, 0.5) is 5.69 Å². The van der Waals surface area contributed by atoms with Gasteiger partial charge in [-0.25, -0.2) is 0 Å². The maximum Gasteiger partial charge on any atom is 0.227 e. The third-order valence-electron chi connectivity index (χ3n) is 4.50. The van der Waals surface area contributed by atoms with Crippen molar-refractivity contribution in [3.8, 4) is 0 Å². The number of carbonyl (C=O) groups is 2. The minimum atomic E-state index is -0.248. The van der Waals surface area contributed by atoms with Gasteiger partial charge in [-0.15, -0.1) is 11.8 Å². The first-order valence-electron chi connectivity index (χ1n) is 8.13. The summed E-state index contributed by atoms with van der Waals surface area (Å²) in [5.41, 5.74) is 0.886. The number of rotatable bonds is 4. The monoisotopic (exact) mass is 333 g/mol. The number of thioether (sulfide) groups is 1. The molecule has 0 aromatic heterocycles. The fraction of sp³-hybridized carbons (Fsp3) is 0.529. The van der Waals surface area contributed by atoms with E-state index in [9.17, 15) is 9.59 Å². The normalized spacial score (nSPS) is 24.7. The van der Waals surface area contributed by atoms with E-state index in [1.165, 1.54) is 0 Å². The molecule has 2 amide bonds. The van der Waals surface area contributed by atoms with Crippen molar-refractivity contribution in [1.29, 1.82) is 0 Å². The Morgan fingerprint density at radius 2 is 2.30 bits per heavy atom. The standard InChI is InChI=1S/C17H23N3O2S/c1-23-15-6-2-5-14(9-15)20-11-12(8-16(20)21)17(22)19-13-4-3-7-18-10-13/h2,5-6,9,12-13,18H,3-4,7-8,10-11H2,1H3,(H,19,22)/t12?,13-/m0/s1. The highest BCUT2D eigenvalue weighted by atomic mass is 32.2. The van der Waals surface area contributed by atoms with Crippen LogP contribution in [0.15, 0.2) is 29.2 Å². The Hall–Kier alpha value is -1.53. The van der Waals surface area contributed by atoms with Gasteiger partial charge < -0.3 is 15.5 Å². The molecule has 0 saturated carbocycles. The van der Waals surface area contributed by atoms with E-state index in [0.717, 1.165) is 36.5 Å². The largest absolute Gasteiger partial charge is 0.352 e. The zero-order chi connectivity index (χ0) is 16.2. The summed E-state index contributed by atoms with van der Waals surface area (Å²) in [4.78, 5) is 27.6. The van der Waals surface area contributed by atoms with Gasteiger partial charge in [-0.05, 0) is 43.8 Å².